The van der Waals surface area contributed by atoms with Crippen molar-refractivity contribution in [1.82, 2.24) is 0 Å². The predicted molar refractivity (Wildman–Crippen MR) is 172 cm³/mol. The first-order valence-corrected chi connectivity index (χ1v) is 14.3. The summed E-state index contributed by atoms with van der Waals surface area (Å²) in [6.07, 6.45) is 0. The molecule has 1 heteroatoms. The molecule has 0 saturated carbocycles. The van der Waals surface area contributed by atoms with Crippen LogP contribution in [0.5, 0.6) is 0 Å². The van der Waals surface area contributed by atoms with Crippen LogP contribution in [0.3, 0.4) is 0 Å². The second kappa shape index (κ2) is 7.89. The monoisotopic (exact) mass is 510 g/mol. The van der Waals surface area contributed by atoms with E-state index in [0.29, 0.717) is 0 Å². The molecule has 8 aromatic carbocycles. The van der Waals surface area contributed by atoms with Gasteiger partial charge in [0, 0.05) is 25.6 Å². The second-order valence-electron chi connectivity index (χ2n) is 10.5. The highest BCUT2D eigenvalue weighted by atomic mass is 32.1. The highest BCUT2D eigenvalue weighted by molar-refractivity contribution is 7.27. The van der Waals surface area contributed by atoms with Crippen LogP contribution in [-0.2, 0) is 0 Å². The number of thiophene rings is 1. The van der Waals surface area contributed by atoms with Crippen molar-refractivity contribution in [2.24, 2.45) is 0 Å². The van der Waals surface area contributed by atoms with Crippen molar-refractivity contribution >= 4 is 85.4 Å². The molecule has 0 saturated heterocycles. The minimum Gasteiger partial charge on any atom is -0.134 e. The number of hydrogen-bond donors (Lipinski definition) is 0. The largest absolute Gasteiger partial charge is 0.134 e. The minimum atomic E-state index is 1.27. The average Bonchev–Trinajstić information content (AvgIpc) is 3.41. The van der Waals surface area contributed by atoms with Gasteiger partial charge in [0.05, 0.1) is 0 Å². The highest BCUT2D eigenvalue weighted by Gasteiger charge is 2.16. The maximum Gasteiger partial charge on any atom is 0.0440 e. The van der Waals surface area contributed by atoms with Crippen molar-refractivity contribution in [3.63, 3.8) is 0 Å². The maximum atomic E-state index is 2.40. The van der Waals surface area contributed by atoms with Crippen molar-refractivity contribution in [2.75, 3.05) is 0 Å². The van der Waals surface area contributed by atoms with Crippen LogP contribution < -0.4 is 0 Å². The Hall–Kier alpha value is -4.72. The third-order valence-electron chi connectivity index (χ3n) is 8.43. The lowest BCUT2D eigenvalue weighted by Crippen LogP contribution is -1.83. The van der Waals surface area contributed by atoms with E-state index < -0.39 is 0 Å². The Labute approximate surface area is 229 Å². The molecule has 0 aliphatic rings. The molecule has 0 fully saturated rings. The minimum absolute atomic E-state index is 1.27. The summed E-state index contributed by atoms with van der Waals surface area (Å²) in [4.78, 5) is 0. The van der Waals surface area contributed by atoms with Gasteiger partial charge >= 0.3 is 0 Å². The molecule has 0 radical (unpaired) electrons. The van der Waals surface area contributed by atoms with E-state index >= 15 is 0 Å². The van der Waals surface area contributed by atoms with Gasteiger partial charge in [0.25, 0.3) is 0 Å². The number of benzene rings is 8. The van der Waals surface area contributed by atoms with Gasteiger partial charge in [0.15, 0.2) is 0 Å². The third kappa shape index (κ3) is 2.94. The van der Waals surface area contributed by atoms with Gasteiger partial charge in [0.2, 0.25) is 0 Å². The Kier molecular flexibility index (Phi) is 4.30. The van der Waals surface area contributed by atoms with Crippen molar-refractivity contribution in [2.45, 2.75) is 0 Å². The van der Waals surface area contributed by atoms with Crippen LogP contribution in [0.25, 0.3) is 85.2 Å². The fourth-order valence-corrected chi connectivity index (χ4v) is 8.03. The summed E-state index contributed by atoms with van der Waals surface area (Å²) < 4.78 is 2.74. The van der Waals surface area contributed by atoms with Crippen LogP contribution >= 0.6 is 11.3 Å². The van der Waals surface area contributed by atoms with E-state index in [-0.39, 0.29) is 0 Å². The van der Waals surface area contributed by atoms with E-state index in [1.165, 1.54) is 85.2 Å². The molecule has 0 aliphatic heterocycles. The molecule has 0 spiro atoms. The van der Waals surface area contributed by atoms with Crippen LogP contribution in [0.1, 0.15) is 0 Å². The van der Waals surface area contributed by atoms with Gasteiger partial charge in [-0.3, -0.25) is 0 Å². The zero-order chi connectivity index (χ0) is 25.5. The van der Waals surface area contributed by atoms with E-state index in [1.807, 2.05) is 11.3 Å². The quantitative estimate of drug-likeness (QED) is 0.193. The summed E-state index contributed by atoms with van der Waals surface area (Å²) >= 11 is 1.94. The molecular formula is C38H22S. The fraction of sp³-hybridized carbons (Fsp3) is 0. The van der Waals surface area contributed by atoms with E-state index in [2.05, 4.69) is 133 Å². The van der Waals surface area contributed by atoms with Crippen molar-refractivity contribution in [3.8, 4) is 11.1 Å². The lowest BCUT2D eigenvalue weighted by Gasteiger charge is -2.10. The Morgan fingerprint density at radius 3 is 1.72 bits per heavy atom. The molecule has 180 valence electrons. The fourth-order valence-electron chi connectivity index (χ4n) is 6.64. The number of rotatable bonds is 1. The lowest BCUT2D eigenvalue weighted by atomic mass is 9.93. The van der Waals surface area contributed by atoms with Crippen molar-refractivity contribution in [3.05, 3.63) is 133 Å². The van der Waals surface area contributed by atoms with E-state index in [1.54, 1.807) is 0 Å². The van der Waals surface area contributed by atoms with Crippen molar-refractivity contribution < 1.29 is 0 Å². The Balaban J connectivity index is 1.38. The molecule has 0 amide bonds. The van der Waals surface area contributed by atoms with Gasteiger partial charge in [-0.2, -0.15) is 0 Å². The molecule has 0 unspecified atom stereocenters. The summed E-state index contributed by atoms with van der Waals surface area (Å²) in [5.41, 5.74) is 2.58. The molecule has 9 rings (SSSR count). The number of fused-ring (bicyclic) bond motifs is 13. The van der Waals surface area contributed by atoms with Crippen LogP contribution in [0.15, 0.2) is 133 Å². The van der Waals surface area contributed by atoms with Gasteiger partial charge in [-0.05, 0) is 65.7 Å². The molecular weight excluding hydrogens is 488 g/mol. The standard InChI is InChI=1S/C38H22S/c1-2-9-26-23(8-1)18-21-31-30(26)20-19-24-16-17-25(22-35(24)31)27-14-7-15-34-36-32-12-5-3-10-28(32)29-11-4-6-13-33(29)38(36)39-37(27)34/h1-22H. The zero-order valence-electron chi connectivity index (χ0n) is 21.1. The van der Waals surface area contributed by atoms with Gasteiger partial charge in [-0.15, -0.1) is 11.3 Å². The molecule has 0 nitrogen and oxygen atoms in total. The molecule has 0 bridgehead atoms. The highest BCUT2D eigenvalue weighted by Crippen LogP contribution is 2.47. The Morgan fingerprint density at radius 2 is 0.897 bits per heavy atom. The first-order valence-electron chi connectivity index (χ1n) is 13.4. The van der Waals surface area contributed by atoms with Crippen LogP contribution in [0.2, 0.25) is 0 Å². The van der Waals surface area contributed by atoms with Gasteiger partial charge in [0.1, 0.15) is 0 Å². The summed E-state index contributed by atoms with van der Waals surface area (Å²) in [5.74, 6) is 0. The summed E-state index contributed by atoms with van der Waals surface area (Å²) in [7, 11) is 0. The molecule has 1 heterocycles. The topological polar surface area (TPSA) is 0 Å². The molecule has 39 heavy (non-hydrogen) atoms. The smallest absolute Gasteiger partial charge is 0.0440 e. The van der Waals surface area contributed by atoms with Gasteiger partial charge in [-0.1, -0.05) is 127 Å². The predicted octanol–water partition coefficient (Wildman–Crippen LogP) is 11.5. The van der Waals surface area contributed by atoms with Gasteiger partial charge < -0.3 is 0 Å². The SMILES string of the molecule is c1ccc2c(c1)ccc1c3cc(-c4cccc5c4sc4c6ccccc6c6ccccc6c54)ccc3ccc21. The lowest BCUT2D eigenvalue weighted by molar-refractivity contribution is 1.72. The molecule has 9 aromatic rings. The number of hydrogen-bond acceptors (Lipinski definition) is 1. The summed E-state index contributed by atoms with van der Waals surface area (Å²) in [6, 6.07) is 49.4. The van der Waals surface area contributed by atoms with Gasteiger partial charge in [-0.25, -0.2) is 0 Å². The Morgan fingerprint density at radius 1 is 0.333 bits per heavy atom. The Bertz CT molecular complexity index is 2440. The van der Waals surface area contributed by atoms with Crippen molar-refractivity contribution in [1.29, 1.82) is 0 Å². The summed E-state index contributed by atoms with van der Waals surface area (Å²) in [6.45, 7) is 0. The summed E-state index contributed by atoms with van der Waals surface area (Å²) in [5, 5.41) is 15.9. The maximum absolute atomic E-state index is 2.40. The van der Waals surface area contributed by atoms with Crippen LogP contribution in [0, 0.1) is 0 Å². The molecule has 0 atom stereocenters. The van der Waals surface area contributed by atoms with E-state index in [9.17, 15) is 0 Å². The molecule has 0 N–H and O–H groups in total. The van der Waals surface area contributed by atoms with E-state index in [0.717, 1.165) is 0 Å². The van der Waals surface area contributed by atoms with E-state index in [4.69, 9.17) is 0 Å². The normalized spacial score (nSPS) is 12.1. The molecule has 1 aromatic heterocycles. The van der Waals surface area contributed by atoms with Crippen LogP contribution in [-0.4, -0.2) is 0 Å². The second-order valence-corrected chi connectivity index (χ2v) is 11.5. The third-order valence-corrected chi connectivity index (χ3v) is 9.70. The van der Waals surface area contributed by atoms with Crippen LogP contribution in [0.4, 0.5) is 0 Å². The average molecular weight is 511 g/mol. The first kappa shape index (κ1) is 21.2. The first-order chi connectivity index (χ1) is 19.3. The zero-order valence-corrected chi connectivity index (χ0v) is 21.9. The molecule has 0 aliphatic carbocycles.